The Morgan fingerprint density at radius 2 is 1.96 bits per heavy atom. The number of carbonyl (C=O) groups excluding carboxylic acids is 2. The summed E-state index contributed by atoms with van der Waals surface area (Å²) in [6.07, 6.45) is -0.622. The van der Waals surface area contributed by atoms with Crippen molar-refractivity contribution in [2.75, 3.05) is 23.4 Å². The fourth-order valence-corrected chi connectivity index (χ4v) is 2.83. The molecular weight excluding hydrogens is 332 g/mol. The van der Waals surface area contributed by atoms with Crippen LogP contribution in [0.25, 0.3) is 0 Å². The van der Waals surface area contributed by atoms with Gasteiger partial charge in [-0.05, 0) is 62.7 Å². The molecule has 6 heteroatoms. The van der Waals surface area contributed by atoms with Gasteiger partial charge in [0.25, 0.3) is 5.91 Å². The topological polar surface area (TPSA) is 67.9 Å². The van der Waals surface area contributed by atoms with Gasteiger partial charge < -0.3 is 14.8 Å². The van der Waals surface area contributed by atoms with Crippen LogP contribution in [0.1, 0.15) is 19.4 Å². The molecule has 1 unspecified atom stereocenters. The highest BCUT2D eigenvalue weighted by Crippen LogP contribution is 2.34. The van der Waals surface area contributed by atoms with Gasteiger partial charge in [-0.25, -0.2) is 0 Å². The maximum atomic E-state index is 12.5. The number of anilines is 2. The highest BCUT2D eigenvalue weighted by atomic mass is 16.5. The molecule has 0 saturated carbocycles. The average Bonchev–Trinajstić information content (AvgIpc) is 2.61. The van der Waals surface area contributed by atoms with Crippen LogP contribution in [0.2, 0.25) is 0 Å². The summed E-state index contributed by atoms with van der Waals surface area (Å²) in [6, 6.07) is 12.7. The molecule has 0 aliphatic carbocycles. The number of nitrogens with zero attached hydrogens (tertiary/aromatic N) is 1. The smallest absolute Gasteiger partial charge is 0.268 e. The molecule has 0 bridgehead atoms. The Morgan fingerprint density at radius 1 is 1.23 bits per heavy atom. The molecule has 26 heavy (non-hydrogen) atoms. The fraction of sp³-hybridized carbons (Fsp3) is 0.300. The molecule has 3 rings (SSSR count). The first-order valence-electron chi connectivity index (χ1n) is 8.59. The van der Waals surface area contributed by atoms with Crippen molar-refractivity contribution in [3.8, 4) is 11.5 Å². The quantitative estimate of drug-likeness (QED) is 0.896. The van der Waals surface area contributed by atoms with E-state index in [1.54, 1.807) is 31.2 Å². The van der Waals surface area contributed by atoms with Crippen molar-refractivity contribution in [3.05, 3.63) is 48.0 Å². The van der Waals surface area contributed by atoms with Crippen LogP contribution in [0.5, 0.6) is 11.5 Å². The van der Waals surface area contributed by atoms with E-state index in [0.717, 1.165) is 11.3 Å². The van der Waals surface area contributed by atoms with Crippen molar-refractivity contribution in [2.24, 2.45) is 0 Å². The van der Waals surface area contributed by atoms with E-state index in [0.29, 0.717) is 23.7 Å². The molecule has 136 valence electrons. The predicted molar refractivity (Wildman–Crippen MR) is 99.9 cm³/mol. The summed E-state index contributed by atoms with van der Waals surface area (Å²) >= 11 is 0. The number of rotatable bonds is 5. The Hall–Kier alpha value is -3.02. The van der Waals surface area contributed by atoms with Gasteiger partial charge in [0.15, 0.2) is 6.10 Å². The summed E-state index contributed by atoms with van der Waals surface area (Å²) in [4.78, 5) is 26.4. The van der Waals surface area contributed by atoms with Gasteiger partial charge in [0, 0.05) is 5.69 Å². The van der Waals surface area contributed by atoms with Crippen LogP contribution in [-0.2, 0) is 9.59 Å². The van der Waals surface area contributed by atoms with Gasteiger partial charge in [0.05, 0.1) is 12.3 Å². The standard InChI is InChI=1S/C20H22N2O4/c1-4-25-16-8-6-15(7-9-16)21-19(23)12-22-17-11-13(2)5-10-18(17)26-14(3)20(22)24/h5-11,14H,4,12H2,1-3H3,(H,21,23). The van der Waals surface area contributed by atoms with E-state index in [2.05, 4.69) is 5.32 Å². The van der Waals surface area contributed by atoms with Crippen LogP contribution in [0, 0.1) is 6.92 Å². The van der Waals surface area contributed by atoms with Crippen molar-refractivity contribution in [3.63, 3.8) is 0 Å². The molecule has 1 atom stereocenters. The lowest BCUT2D eigenvalue weighted by Gasteiger charge is -2.32. The van der Waals surface area contributed by atoms with E-state index in [1.807, 2.05) is 32.0 Å². The third-order valence-corrected chi connectivity index (χ3v) is 4.07. The second-order valence-electron chi connectivity index (χ2n) is 6.16. The molecule has 0 aromatic heterocycles. The van der Waals surface area contributed by atoms with Crippen LogP contribution in [0.15, 0.2) is 42.5 Å². The number of nitrogens with one attached hydrogen (secondary N) is 1. The number of amides is 2. The maximum absolute atomic E-state index is 12.5. The number of aryl methyl sites for hydroxylation is 1. The zero-order chi connectivity index (χ0) is 18.7. The van der Waals surface area contributed by atoms with Gasteiger partial charge in [-0.2, -0.15) is 0 Å². The number of hydrogen-bond acceptors (Lipinski definition) is 4. The number of fused-ring (bicyclic) bond motifs is 1. The number of ether oxygens (including phenoxy) is 2. The first-order chi connectivity index (χ1) is 12.5. The molecule has 1 heterocycles. The summed E-state index contributed by atoms with van der Waals surface area (Å²) in [6.45, 7) is 6.04. The van der Waals surface area contributed by atoms with Gasteiger partial charge in [0.2, 0.25) is 5.91 Å². The Balaban J connectivity index is 1.74. The fourth-order valence-electron chi connectivity index (χ4n) is 2.83. The molecular formula is C20H22N2O4. The molecule has 0 radical (unpaired) electrons. The minimum Gasteiger partial charge on any atom is -0.494 e. The number of benzene rings is 2. The third kappa shape index (κ3) is 3.79. The summed E-state index contributed by atoms with van der Waals surface area (Å²) in [5.74, 6) is 0.845. The molecule has 0 spiro atoms. The summed E-state index contributed by atoms with van der Waals surface area (Å²) < 4.78 is 11.0. The Morgan fingerprint density at radius 3 is 2.65 bits per heavy atom. The molecule has 2 amide bonds. The lowest BCUT2D eigenvalue weighted by Crippen LogP contribution is -2.47. The SMILES string of the molecule is CCOc1ccc(NC(=O)CN2C(=O)C(C)Oc3ccc(C)cc32)cc1. The van der Waals surface area contributed by atoms with Crippen molar-refractivity contribution < 1.29 is 19.1 Å². The van der Waals surface area contributed by atoms with E-state index in [9.17, 15) is 9.59 Å². The van der Waals surface area contributed by atoms with Crippen molar-refractivity contribution in [2.45, 2.75) is 26.9 Å². The molecule has 1 aliphatic rings. The van der Waals surface area contributed by atoms with Crippen molar-refractivity contribution in [1.82, 2.24) is 0 Å². The van der Waals surface area contributed by atoms with Crippen molar-refractivity contribution >= 4 is 23.2 Å². The Bertz CT molecular complexity index is 817. The molecule has 1 N–H and O–H groups in total. The maximum Gasteiger partial charge on any atom is 0.268 e. The van der Waals surface area contributed by atoms with Crippen LogP contribution in [0.4, 0.5) is 11.4 Å². The molecule has 2 aromatic rings. The monoisotopic (exact) mass is 354 g/mol. The molecule has 2 aromatic carbocycles. The van der Waals surface area contributed by atoms with Crippen LogP contribution in [-0.4, -0.2) is 31.1 Å². The number of hydrogen-bond donors (Lipinski definition) is 1. The summed E-state index contributed by atoms with van der Waals surface area (Å²) in [5, 5.41) is 2.81. The molecule has 0 saturated heterocycles. The van der Waals surface area contributed by atoms with Gasteiger partial charge in [-0.1, -0.05) is 6.07 Å². The highest BCUT2D eigenvalue weighted by molar-refractivity contribution is 6.06. The van der Waals surface area contributed by atoms with Crippen molar-refractivity contribution in [1.29, 1.82) is 0 Å². The highest BCUT2D eigenvalue weighted by Gasteiger charge is 2.32. The second kappa shape index (κ2) is 7.47. The lowest BCUT2D eigenvalue weighted by molar-refractivity contribution is -0.127. The van der Waals surface area contributed by atoms with E-state index < -0.39 is 6.10 Å². The molecule has 1 aliphatic heterocycles. The van der Waals surface area contributed by atoms with E-state index in [4.69, 9.17) is 9.47 Å². The average molecular weight is 354 g/mol. The van der Waals surface area contributed by atoms with E-state index >= 15 is 0 Å². The third-order valence-electron chi connectivity index (χ3n) is 4.07. The van der Waals surface area contributed by atoms with Crippen LogP contribution in [0.3, 0.4) is 0 Å². The Labute approximate surface area is 152 Å². The minimum absolute atomic E-state index is 0.0732. The zero-order valence-electron chi connectivity index (χ0n) is 15.1. The van der Waals surface area contributed by atoms with Gasteiger partial charge in [0.1, 0.15) is 18.0 Å². The largest absolute Gasteiger partial charge is 0.494 e. The normalized spacial score (nSPS) is 15.9. The minimum atomic E-state index is -0.622. The second-order valence-corrected chi connectivity index (χ2v) is 6.16. The zero-order valence-corrected chi connectivity index (χ0v) is 15.1. The Kier molecular flexibility index (Phi) is 5.11. The lowest BCUT2D eigenvalue weighted by atomic mass is 10.1. The summed E-state index contributed by atoms with van der Waals surface area (Å²) in [5.41, 5.74) is 2.26. The first kappa shape index (κ1) is 17.8. The van der Waals surface area contributed by atoms with E-state index in [-0.39, 0.29) is 18.4 Å². The first-order valence-corrected chi connectivity index (χ1v) is 8.59. The summed E-state index contributed by atoms with van der Waals surface area (Å²) in [7, 11) is 0. The van der Waals surface area contributed by atoms with Gasteiger partial charge >= 0.3 is 0 Å². The molecule has 0 fully saturated rings. The van der Waals surface area contributed by atoms with Crippen LogP contribution < -0.4 is 19.7 Å². The van der Waals surface area contributed by atoms with E-state index in [1.165, 1.54) is 4.90 Å². The van der Waals surface area contributed by atoms with Crippen LogP contribution >= 0.6 is 0 Å². The predicted octanol–water partition coefficient (Wildman–Crippen LogP) is 3.15. The van der Waals surface area contributed by atoms with Gasteiger partial charge in [-0.15, -0.1) is 0 Å². The molecule has 6 nitrogen and oxygen atoms in total. The van der Waals surface area contributed by atoms with Gasteiger partial charge in [-0.3, -0.25) is 14.5 Å². The number of carbonyl (C=O) groups is 2.